The molecule has 0 atom stereocenters. The first-order valence-electron chi connectivity index (χ1n) is 0.428. The molecule has 0 spiro atoms. The molecule has 0 N–H and O–H groups in total. The van der Waals surface area contributed by atoms with Gasteiger partial charge in [0.2, 0.25) is 0 Å². The molecule has 0 rings (SSSR count). The normalized spacial score (nSPS) is 1.75. The molecule has 0 bridgehead atoms. The molecule has 0 aromatic heterocycles. The Morgan fingerprint density at radius 2 is 1.75 bits per heavy atom. The molecule has 0 aliphatic heterocycles. The van der Waals surface area contributed by atoms with Crippen molar-refractivity contribution in [3.63, 3.8) is 0 Å². The number of nitrogens with zero attached hydrogens (tertiary/aromatic N) is 1. The van der Waals surface area contributed by atoms with Crippen LogP contribution in [0.25, 0.3) is 0 Å². The Morgan fingerprint density at radius 3 is 1.75 bits per heavy atom. The van der Waals surface area contributed by atoms with E-state index < -0.39 is 0 Å². The van der Waals surface area contributed by atoms with Crippen molar-refractivity contribution in [2.45, 2.75) is 0 Å². The molecule has 1 nitrogen and oxygen atoms in total. The van der Waals surface area contributed by atoms with Gasteiger partial charge in [0.1, 0.15) is 0 Å². The summed E-state index contributed by atoms with van der Waals surface area (Å²) in [6, 6.07) is 0. The van der Waals surface area contributed by atoms with Gasteiger partial charge in [0.25, 0.3) is 0 Å². The third-order valence-corrected chi connectivity index (χ3v) is 0. The first-order chi connectivity index (χ1) is 1.41. The van der Waals surface area contributed by atoms with Crippen LogP contribution < -0.4 is 0 Å². The summed E-state index contributed by atoms with van der Waals surface area (Å²) < 4.78 is 0. The monoisotopic (exact) mass is 239 g/mol. The molecule has 1 radical (unpaired) electrons. The average molecular weight is 239 g/mol. The number of nitriles is 1. The minimum atomic E-state index is 0. The number of thiocyanates is 1. The number of rotatable bonds is 0. The summed E-state index contributed by atoms with van der Waals surface area (Å²) in [6.07, 6.45) is 0. The Hall–Kier alpha value is 0.450. The van der Waals surface area contributed by atoms with Crippen molar-refractivity contribution >= 4 is 12.6 Å². The van der Waals surface area contributed by atoms with Gasteiger partial charge in [-0.05, 0) is 0 Å². The van der Waals surface area contributed by atoms with E-state index in [0.29, 0.717) is 0 Å². The molecule has 0 saturated heterocycles. The van der Waals surface area contributed by atoms with E-state index >= 15 is 0 Å². The quantitative estimate of drug-likeness (QED) is 0.439. The summed E-state index contributed by atoms with van der Waals surface area (Å²) in [7, 11) is 0. The predicted molar refractivity (Wildman–Crippen MR) is 13.0 cm³/mol. The molecule has 3 heteroatoms. The Bertz CT molecular complexity index is 29.5. The average Bonchev–Trinajstić information content (AvgIpc) is 0.918. The first kappa shape index (κ1) is 8.82. The second-order valence-corrected chi connectivity index (χ2v) is 0.274. The summed E-state index contributed by atoms with van der Waals surface area (Å²) in [5, 5.41) is 8.47. The van der Waals surface area contributed by atoms with Gasteiger partial charge in [-0.3, -0.25) is 0 Å². The van der Waals surface area contributed by atoms with Gasteiger partial charge in [-0.2, -0.15) is 0 Å². The number of hydrogen-bond donors (Lipinski definition) is 0. The van der Waals surface area contributed by atoms with E-state index in [-0.39, 0.29) is 22.4 Å². The van der Waals surface area contributed by atoms with Crippen molar-refractivity contribution in [1.82, 2.24) is 0 Å². The van der Waals surface area contributed by atoms with Gasteiger partial charge in [0.05, 0.1) is 0 Å². The molecule has 0 aromatic rings. The molecular weight excluding hydrogens is 239 g/mol. The maximum Gasteiger partial charge on any atom is 0 e. The van der Waals surface area contributed by atoms with Crippen LogP contribution in [0.3, 0.4) is 0 Å². The van der Waals surface area contributed by atoms with E-state index in [1.165, 1.54) is 5.40 Å². The Kier molecular flexibility index (Phi) is 21.7. The van der Waals surface area contributed by atoms with Gasteiger partial charge in [-0.25, -0.2) is 5.26 Å². The van der Waals surface area contributed by atoms with Crippen LogP contribution >= 0.6 is 0 Å². The standard InChI is InChI=1S/CHNS.Ta/c2-1-3;/h3H;/p-1. The van der Waals surface area contributed by atoms with Crippen LogP contribution in [0.4, 0.5) is 0 Å². The summed E-state index contributed by atoms with van der Waals surface area (Å²) in [6.45, 7) is 0. The molecule has 0 heterocycles. The van der Waals surface area contributed by atoms with E-state index in [1.54, 1.807) is 0 Å². The molecule has 0 aliphatic rings. The molecule has 0 saturated carbocycles. The smallest absolute Gasteiger partial charge is 0 e. The van der Waals surface area contributed by atoms with Crippen molar-refractivity contribution in [1.29, 1.82) is 5.26 Å². The second-order valence-electron chi connectivity index (χ2n) is 0.0913. The van der Waals surface area contributed by atoms with Crippen LogP contribution in [0.2, 0.25) is 0 Å². The maximum absolute atomic E-state index is 7.13. The molecular formula is CNSTa-. The van der Waals surface area contributed by atoms with Crippen molar-refractivity contribution in [2.75, 3.05) is 0 Å². The van der Waals surface area contributed by atoms with Gasteiger partial charge in [-0.15, -0.1) is 0 Å². The van der Waals surface area contributed by atoms with Gasteiger partial charge >= 0.3 is 0 Å². The molecule has 0 aliphatic carbocycles. The molecule has 21 valence electrons. The molecule has 0 fully saturated rings. The fraction of sp³-hybridized carbons (Fsp3) is 0. The summed E-state index contributed by atoms with van der Waals surface area (Å²) in [4.78, 5) is 0. The van der Waals surface area contributed by atoms with Crippen LogP contribution in [0, 0.1) is 10.7 Å². The van der Waals surface area contributed by atoms with Crippen molar-refractivity contribution in [3.05, 3.63) is 0 Å². The summed E-state index contributed by atoms with van der Waals surface area (Å²) in [5.74, 6) is 0. The number of hydrogen-bond acceptors (Lipinski definition) is 2. The van der Waals surface area contributed by atoms with Crippen LogP contribution in [-0.4, -0.2) is 0 Å². The predicted octanol–water partition coefficient (Wildman–Crippen LogP) is 0.0119. The summed E-state index contributed by atoms with van der Waals surface area (Å²) >= 11 is 3.70. The zero-order chi connectivity index (χ0) is 2.71. The van der Waals surface area contributed by atoms with Gasteiger partial charge in [-0.1, -0.05) is 5.40 Å². The minimum Gasteiger partial charge on any atom is -0.696 e. The van der Waals surface area contributed by atoms with Gasteiger partial charge in [0, 0.05) is 22.4 Å². The zero-order valence-corrected chi connectivity index (χ0v) is 5.83. The van der Waals surface area contributed by atoms with E-state index in [0.717, 1.165) is 0 Å². The van der Waals surface area contributed by atoms with Crippen LogP contribution in [0.1, 0.15) is 0 Å². The van der Waals surface area contributed by atoms with Crippen LogP contribution in [0.5, 0.6) is 0 Å². The molecule has 0 unspecified atom stereocenters. The Labute approximate surface area is 45.9 Å². The van der Waals surface area contributed by atoms with Crippen LogP contribution in [0.15, 0.2) is 0 Å². The fourth-order valence-electron chi connectivity index (χ4n) is 0. The van der Waals surface area contributed by atoms with Crippen molar-refractivity contribution in [2.24, 2.45) is 0 Å². The van der Waals surface area contributed by atoms with Gasteiger partial charge in [0.15, 0.2) is 0 Å². The Balaban J connectivity index is 0. The van der Waals surface area contributed by atoms with Crippen molar-refractivity contribution < 1.29 is 22.4 Å². The molecule has 4 heavy (non-hydrogen) atoms. The topological polar surface area (TPSA) is 23.8 Å². The first-order valence-corrected chi connectivity index (χ1v) is 0.836. The maximum atomic E-state index is 7.13. The largest absolute Gasteiger partial charge is 0.696 e. The van der Waals surface area contributed by atoms with E-state index in [1.807, 2.05) is 0 Å². The SMILES string of the molecule is N#C[S-].[Ta]. The van der Waals surface area contributed by atoms with E-state index in [2.05, 4.69) is 12.6 Å². The van der Waals surface area contributed by atoms with E-state index in [9.17, 15) is 0 Å². The molecule has 0 amide bonds. The van der Waals surface area contributed by atoms with Crippen LogP contribution in [-0.2, 0) is 35.0 Å². The zero-order valence-electron chi connectivity index (χ0n) is 1.80. The Morgan fingerprint density at radius 1 is 1.75 bits per heavy atom. The van der Waals surface area contributed by atoms with E-state index in [4.69, 9.17) is 5.26 Å². The second kappa shape index (κ2) is 9.85. The third-order valence-electron chi connectivity index (χ3n) is 0. The fourth-order valence-corrected chi connectivity index (χ4v) is 0. The molecule has 0 aromatic carbocycles. The summed E-state index contributed by atoms with van der Waals surface area (Å²) in [5.41, 5.74) is 0. The van der Waals surface area contributed by atoms with Crippen molar-refractivity contribution in [3.8, 4) is 5.40 Å². The van der Waals surface area contributed by atoms with Gasteiger partial charge < -0.3 is 12.6 Å². The third kappa shape index (κ3) is 25.4. The minimum absolute atomic E-state index is 0.